The fourth-order valence-electron chi connectivity index (χ4n) is 3.22. The predicted molar refractivity (Wildman–Crippen MR) is 85.2 cm³/mol. The van der Waals surface area contributed by atoms with Gasteiger partial charge in [-0.05, 0) is 49.8 Å². The van der Waals surface area contributed by atoms with Crippen LogP contribution in [0.3, 0.4) is 0 Å². The summed E-state index contributed by atoms with van der Waals surface area (Å²) in [6, 6.07) is 6.48. The quantitative estimate of drug-likeness (QED) is 0.791. The van der Waals surface area contributed by atoms with E-state index in [0.717, 1.165) is 31.2 Å². The van der Waals surface area contributed by atoms with Crippen LogP contribution in [-0.2, 0) is 16.0 Å². The van der Waals surface area contributed by atoms with Crippen LogP contribution in [-0.4, -0.2) is 24.4 Å². The molecule has 0 saturated heterocycles. The number of hydrogen-bond donors (Lipinski definition) is 2. The highest BCUT2D eigenvalue weighted by Crippen LogP contribution is 2.46. The Balaban J connectivity index is 1.47. The number of nitrogens with one attached hydrogen (secondary N) is 2. The zero-order valence-corrected chi connectivity index (χ0v) is 13.2. The highest BCUT2D eigenvalue weighted by Gasteiger charge is 2.56. The third-order valence-corrected chi connectivity index (χ3v) is 4.92. The van der Waals surface area contributed by atoms with Gasteiger partial charge in [-0.3, -0.25) is 9.59 Å². The maximum absolute atomic E-state index is 12.8. The molecule has 0 bridgehead atoms. The van der Waals surface area contributed by atoms with Crippen molar-refractivity contribution >= 4 is 11.8 Å². The molecule has 2 fully saturated rings. The molecule has 124 valence electrons. The van der Waals surface area contributed by atoms with Gasteiger partial charge in [-0.1, -0.05) is 25.0 Å². The van der Waals surface area contributed by atoms with Crippen LogP contribution in [0.4, 0.5) is 4.39 Å². The van der Waals surface area contributed by atoms with Crippen LogP contribution in [0, 0.1) is 11.2 Å². The number of hydrogen-bond acceptors (Lipinski definition) is 2. The monoisotopic (exact) mass is 318 g/mol. The van der Waals surface area contributed by atoms with Gasteiger partial charge < -0.3 is 10.6 Å². The second-order valence-electron chi connectivity index (χ2n) is 6.67. The smallest absolute Gasteiger partial charge is 0.235 e. The van der Waals surface area contributed by atoms with Crippen LogP contribution >= 0.6 is 0 Å². The molecule has 3 rings (SSSR count). The van der Waals surface area contributed by atoms with Gasteiger partial charge in [0, 0.05) is 12.6 Å². The van der Waals surface area contributed by atoms with E-state index in [2.05, 4.69) is 10.6 Å². The Morgan fingerprint density at radius 2 is 1.74 bits per heavy atom. The number of benzene rings is 1. The van der Waals surface area contributed by atoms with E-state index >= 15 is 0 Å². The van der Waals surface area contributed by atoms with Gasteiger partial charge in [-0.25, -0.2) is 4.39 Å². The van der Waals surface area contributed by atoms with Crippen molar-refractivity contribution in [2.24, 2.45) is 5.41 Å². The Morgan fingerprint density at radius 3 is 2.35 bits per heavy atom. The van der Waals surface area contributed by atoms with Crippen LogP contribution in [0.1, 0.15) is 44.1 Å². The molecule has 0 aromatic heterocycles. The van der Waals surface area contributed by atoms with Gasteiger partial charge in [0.2, 0.25) is 11.8 Å². The van der Waals surface area contributed by atoms with Crippen molar-refractivity contribution in [3.63, 3.8) is 0 Å². The lowest BCUT2D eigenvalue weighted by atomic mass is 10.0. The van der Waals surface area contributed by atoms with Gasteiger partial charge in [0.05, 0.1) is 0 Å². The van der Waals surface area contributed by atoms with E-state index < -0.39 is 5.41 Å². The summed E-state index contributed by atoms with van der Waals surface area (Å²) < 4.78 is 12.8. The summed E-state index contributed by atoms with van der Waals surface area (Å²) in [5.41, 5.74) is 0.123. The molecule has 2 aliphatic rings. The molecular formula is C18H23FN2O2. The Labute approximate surface area is 135 Å². The van der Waals surface area contributed by atoms with E-state index in [1.807, 2.05) is 0 Å². The fraction of sp³-hybridized carbons (Fsp3) is 0.556. The molecule has 2 amide bonds. The Hall–Kier alpha value is -1.91. The molecule has 0 aliphatic heterocycles. The van der Waals surface area contributed by atoms with Gasteiger partial charge >= 0.3 is 0 Å². The molecule has 0 unspecified atom stereocenters. The van der Waals surface area contributed by atoms with Crippen molar-refractivity contribution in [3.8, 4) is 0 Å². The molecule has 2 aliphatic carbocycles. The van der Waals surface area contributed by atoms with Gasteiger partial charge in [-0.15, -0.1) is 0 Å². The average Bonchev–Trinajstić information content (AvgIpc) is 3.21. The summed E-state index contributed by atoms with van der Waals surface area (Å²) in [5, 5.41) is 5.90. The molecule has 0 heterocycles. The SMILES string of the molecule is O=C(NCCc1ccc(F)cc1)C1(C(=O)NC2CCCC2)CC1. The molecular weight excluding hydrogens is 295 g/mol. The largest absolute Gasteiger partial charge is 0.355 e. The van der Waals surface area contributed by atoms with Gasteiger partial charge in [0.15, 0.2) is 0 Å². The molecule has 2 N–H and O–H groups in total. The minimum absolute atomic E-state index is 0.108. The first-order valence-electron chi connectivity index (χ1n) is 8.44. The van der Waals surface area contributed by atoms with Crippen LogP contribution in [0.25, 0.3) is 0 Å². The van der Waals surface area contributed by atoms with Crippen molar-refractivity contribution in [3.05, 3.63) is 35.6 Å². The first-order chi connectivity index (χ1) is 11.1. The third-order valence-electron chi connectivity index (χ3n) is 4.92. The second kappa shape index (κ2) is 6.69. The number of amides is 2. The lowest BCUT2D eigenvalue weighted by Gasteiger charge is -2.18. The van der Waals surface area contributed by atoms with E-state index in [1.54, 1.807) is 12.1 Å². The average molecular weight is 318 g/mol. The topological polar surface area (TPSA) is 58.2 Å². The first kappa shape index (κ1) is 16.0. The van der Waals surface area contributed by atoms with Gasteiger partial charge in [-0.2, -0.15) is 0 Å². The number of carbonyl (C=O) groups is 2. The summed E-state index contributed by atoms with van der Waals surface area (Å²) in [6.45, 7) is 0.461. The molecule has 0 spiro atoms. The van der Waals surface area contributed by atoms with Crippen LogP contribution < -0.4 is 10.6 Å². The first-order valence-corrected chi connectivity index (χ1v) is 8.44. The van der Waals surface area contributed by atoms with Gasteiger partial charge in [0.1, 0.15) is 11.2 Å². The molecule has 0 atom stereocenters. The highest BCUT2D eigenvalue weighted by atomic mass is 19.1. The zero-order chi connectivity index (χ0) is 16.3. The van der Waals surface area contributed by atoms with Gasteiger partial charge in [0.25, 0.3) is 0 Å². The standard InChI is InChI=1S/C18H23FN2O2/c19-14-7-5-13(6-8-14)9-12-20-16(22)18(10-11-18)17(23)21-15-3-1-2-4-15/h5-8,15H,1-4,9-12H2,(H,20,22)(H,21,23). The zero-order valence-electron chi connectivity index (χ0n) is 13.2. The van der Waals surface area contributed by atoms with E-state index in [-0.39, 0.29) is 23.7 Å². The molecule has 0 radical (unpaired) electrons. The number of halogens is 1. The molecule has 2 saturated carbocycles. The van der Waals surface area contributed by atoms with Crippen molar-refractivity contribution in [1.82, 2.24) is 10.6 Å². The van der Waals surface area contributed by atoms with Crippen molar-refractivity contribution in [2.75, 3.05) is 6.54 Å². The summed E-state index contributed by atoms with van der Waals surface area (Å²) in [5.74, 6) is -0.544. The van der Waals surface area contributed by atoms with Crippen LogP contribution in [0.2, 0.25) is 0 Å². The number of rotatable bonds is 6. The highest BCUT2D eigenvalue weighted by molar-refractivity contribution is 6.07. The fourth-order valence-corrected chi connectivity index (χ4v) is 3.22. The van der Waals surface area contributed by atoms with Crippen LogP contribution in [0.5, 0.6) is 0 Å². The lowest BCUT2D eigenvalue weighted by Crippen LogP contribution is -2.46. The predicted octanol–water partition coefficient (Wildman–Crippen LogP) is 2.32. The van der Waals surface area contributed by atoms with E-state index in [9.17, 15) is 14.0 Å². The summed E-state index contributed by atoms with van der Waals surface area (Å²) in [4.78, 5) is 24.7. The van der Waals surface area contributed by atoms with Crippen molar-refractivity contribution in [2.45, 2.75) is 51.0 Å². The normalized spacial score (nSPS) is 19.3. The molecule has 5 heteroatoms. The van der Waals surface area contributed by atoms with E-state index in [0.29, 0.717) is 25.8 Å². The Kier molecular flexibility index (Phi) is 4.64. The minimum Gasteiger partial charge on any atom is -0.355 e. The second-order valence-corrected chi connectivity index (χ2v) is 6.67. The lowest BCUT2D eigenvalue weighted by molar-refractivity contribution is -0.137. The Morgan fingerprint density at radius 1 is 1.09 bits per heavy atom. The third kappa shape index (κ3) is 3.71. The summed E-state index contributed by atoms with van der Waals surface area (Å²) in [7, 11) is 0. The number of carbonyl (C=O) groups excluding carboxylic acids is 2. The molecule has 23 heavy (non-hydrogen) atoms. The van der Waals surface area contributed by atoms with Crippen molar-refractivity contribution < 1.29 is 14.0 Å². The van der Waals surface area contributed by atoms with E-state index in [4.69, 9.17) is 0 Å². The van der Waals surface area contributed by atoms with Crippen molar-refractivity contribution in [1.29, 1.82) is 0 Å². The maximum Gasteiger partial charge on any atom is 0.235 e. The van der Waals surface area contributed by atoms with E-state index in [1.165, 1.54) is 12.1 Å². The minimum atomic E-state index is -0.842. The maximum atomic E-state index is 12.8. The summed E-state index contributed by atoms with van der Waals surface area (Å²) in [6.07, 6.45) is 6.25. The Bertz CT molecular complexity index is 575. The molecule has 1 aromatic rings. The summed E-state index contributed by atoms with van der Waals surface area (Å²) >= 11 is 0. The van der Waals surface area contributed by atoms with Crippen LogP contribution in [0.15, 0.2) is 24.3 Å². The molecule has 1 aromatic carbocycles. The molecule has 4 nitrogen and oxygen atoms in total.